The summed E-state index contributed by atoms with van der Waals surface area (Å²) >= 11 is 1.54. The molecule has 1 unspecified atom stereocenters. The van der Waals surface area contributed by atoms with Crippen molar-refractivity contribution < 1.29 is 9.13 Å². The van der Waals surface area contributed by atoms with Crippen LogP contribution in [0.1, 0.15) is 21.5 Å². The molecule has 2 aromatic rings. The van der Waals surface area contributed by atoms with Gasteiger partial charge in [0.25, 0.3) is 0 Å². The lowest BCUT2D eigenvalue weighted by Crippen LogP contribution is -2.13. The van der Waals surface area contributed by atoms with E-state index < -0.39 is 0 Å². The van der Waals surface area contributed by atoms with Gasteiger partial charge in [0.2, 0.25) is 0 Å². The fourth-order valence-corrected chi connectivity index (χ4v) is 2.54. The third-order valence-corrected chi connectivity index (χ3v) is 3.75. The molecule has 1 atom stereocenters. The van der Waals surface area contributed by atoms with Gasteiger partial charge in [-0.1, -0.05) is 12.1 Å². The second-order valence-corrected chi connectivity index (χ2v) is 5.29. The molecular weight excluding hydrogens is 251 g/mol. The number of methoxy groups -OCH3 is 1. The maximum atomic E-state index is 14.0. The summed E-state index contributed by atoms with van der Waals surface area (Å²) in [5, 5.41) is 0.964. The van der Waals surface area contributed by atoms with Crippen molar-refractivity contribution in [3.63, 3.8) is 0 Å². The molecular formula is C13H15FN2OS. The van der Waals surface area contributed by atoms with E-state index in [-0.39, 0.29) is 17.6 Å². The van der Waals surface area contributed by atoms with Crippen LogP contribution >= 0.6 is 11.3 Å². The fourth-order valence-electron chi connectivity index (χ4n) is 1.76. The summed E-state index contributed by atoms with van der Waals surface area (Å²) in [4.78, 5) is 5.12. The molecule has 1 aromatic carbocycles. The normalized spacial score (nSPS) is 12.4. The molecule has 18 heavy (non-hydrogen) atoms. The average Bonchev–Trinajstić information content (AvgIpc) is 2.78. The van der Waals surface area contributed by atoms with Gasteiger partial charge in [0, 0.05) is 17.1 Å². The summed E-state index contributed by atoms with van der Waals surface area (Å²) < 4.78 is 18.9. The number of nitrogens with zero attached hydrogens (tertiary/aromatic N) is 1. The first-order valence-corrected chi connectivity index (χ1v) is 6.42. The van der Waals surface area contributed by atoms with Gasteiger partial charge in [-0.15, -0.1) is 11.3 Å². The Bertz CT molecular complexity index is 542. The molecule has 0 spiro atoms. The Morgan fingerprint density at radius 1 is 1.50 bits per heavy atom. The minimum Gasteiger partial charge on any atom is -0.494 e. The van der Waals surface area contributed by atoms with E-state index in [0.717, 1.165) is 9.88 Å². The van der Waals surface area contributed by atoms with Crippen molar-refractivity contribution in [3.05, 3.63) is 45.7 Å². The number of rotatable bonds is 4. The van der Waals surface area contributed by atoms with Gasteiger partial charge in [0.15, 0.2) is 11.6 Å². The molecule has 0 aliphatic carbocycles. The highest BCUT2D eigenvalue weighted by Crippen LogP contribution is 2.26. The van der Waals surface area contributed by atoms with Gasteiger partial charge < -0.3 is 10.5 Å². The van der Waals surface area contributed by atoms with Crippen molar-refractivity contribution in [3.8, 4) is 5.75 Å². The van der Waals surface area contributed by atoms with Crippen LogP contribution in [0.15, 0.2) is 24.4 Å². The number of hydrogen-bond acceptors (Lipinski definition) is 4. The summed E-state index contributed by atoms with van der Waals surface area (Å²) in [6, 6.07) is 4.85. The zero-order valence-electron chi connectivity index (χ0n) is 10.3. The standard InChI is InChI=1S/C13H15FN2OS/c1-8-16-7-12(18-8)10(15)6-9-4-3-5-11(17-2)13(9)14/h3-5,7,10H,6,15H2,1-2H3. The molecule has 96 valence electrons. The van der Waals surface area contributed by atoms with Crippen LogP contribution in [0, 0.1) is 12.7 Å². The van der Waals surface area contributed by atoms with Crippen molar-refractivity contribution in [2.75, 3.05) is 7.11 Å². The first kappa shape index (κ1) is 13.0. The molecule has 5 heteroatoms. The molecule has 0 saturated carbocycles. The van der Waals surface area contributed by atoms with Crippen molar-refractivity contribution in [2.45, 2.75) is 19.4 Å². The number of aryl methyl sites for hydroxylation is 1. The first-order chi connectivity index (χ1) is 8.61. The van der Waals surface area contributed by atoms with Crippen molar-refractivity contribution >= 4 is 11.3 Å². The van der Waals surface area contributed by atoms with Crippen LogP contribution in [0.3, 0.4) is 0 Å². The molecule has 2 N–H and O–H groups in total. The predicted octanol–water partition coefficient (Wildman–Crippen LogP) is 2.84. The molecule has 3 nitrogen and oxygen atoms in total. The number of ether oxygens (including phenoxy) is 1. The van der Waals surface area contributed by atoms with Crippen molar-refractivity contribution in [1.29, 1.82) is 0 Å². The van der Waals surface area contributed by atoms with E-state index in [2.05, 4.69) is 4.98 Å². The van der Waals surface area contributed by atoms with E-state index in [9.17, 15) is 4.39 Å². The summed E-state index contributed by atoms with van der Waals surface area (Å²) in [7, 11) is 1.45. The van der Waals surface area contributed by atoms with E-state index in [1.165, 1.54) is 7.11 Å². The molecule has 1 heterocycles. The van der Waals surface area contributed by atoms with Crippen LogP contribution in [0.2, 0.25) is 0 Å². The number of hydrogen-bond donors (Lipinski definition) is 1. The van der Waals surface area contributed by atoms with E-state index in [1.807, 2.05) is 6.92 Å². The Labute approximate surface area is 109 Å². The van der Waals surface area contributed by atoms with E-state index in [1.54, 1.807) is 35.7 Å². The lowest BCUT2D eigenvalue weighted by molar-refractivity contribution is 0.383. The minimum atomic E-state index is -0.336. The Hall–Kier alpha value is -1.46. The van der Waals surface area contributed by atoms with Gasteiger partial charge in [-0.05, 0) is 25.0 Å². The average molecular weight is 266 g/mol. The maximum absolute atomic E-state index is 14.0. The van der Waals surface area contributed by atoms with Crippen molar-refractivity contribution in [1.82, 2.24) is 4.98 Å². The van der Waals surface area contributed by atoms with Gasteiger partial charge in [-0.2, -0.15) is 0 Å². The summed E-state index contributed by atoms with van der Waals surface area (Å²) in [6.07, 6.45) is 2.19. The van der Waals surface area contributed by atoms with Gasteiger partial charge in [-0.25, -0.2) is 9.37 Å². The predicted molar refractivity (Wildman–Crippen MR) is 70.4 cm³/mol. The number of benzene rings is 1. The van der Waals surface area contributed by atoms with Crippen LogP contribution < -0.4 is 10.5 Å². The van der Waals surface area contributed by atoms with Gasteiger partial charge >= 0.3 is 0 Å². The summed E-state index contributed by atoms with van der Waals surface area (Å²) in [6.45, 7) is 1.92. The zero-order chi connectivity index (χ0) is 13.1. The van der Waals surface area contributed by atoms with Crippen LogP contribution in [0.4, 0.5) is 4.39 Å². The van der Waals surface area contributed by atoms with Crippen LogP contribution in [-0.2, 0) is 6.42 Å². The molecule has 0 aliphatic heterocycles. The maximum Gasteiger partial charge on any atom is 0.168 e. The van der Waals surface area contributed by atoms with Gasteiger partial charge in [0.05, 0.1) is 12.1 Å². The molecule has 0 bridgehead atoms. The minimum absolute atomic E-state index is 0.238. The summed E-state index contributed by atoms with van der Waals surface area (Å²) in [5.74, 6) is -0.0862. The lowest BCUT2D eigenvalue weighted by Gasteiger charge is -2.11. The molecule has 1 aromatic heterocycles. The van der Waals surface area contributed by atoms with Crippen LogP contribution in [-0.4, -0.2) is 12.1 Å². The Kier molecular flexibility index (Phi) is 3.93. The molecule has 0 radical (unpaired) electrons. The van der Waals surface area contributed by atoms with Crippen molar-refractivity contribution in [2.24, 2.45) is 5.73 Å². The Balaban J connectivity index is 2.19. The molecule has 2 rings (SSSR count). The van der Waals surface area contributed by atoms with Gasteiger partial charge in [0.1, 0.15) is 0 Å². The number of thiazole rings is 1. The molecule has 0 amide bonds. The fraction of sp³-hybridized carbons (Fsp3) is 0.308. The Morgan fingerprint density at radius 2 is 2.28 bits per heavy atom. The SMILES string of the molecule is COc1cccc(CC(N)c2cnc(C)s2)c1F. The number of halogens is 1. The van der Waals surface area contributed by atoms with Gasteiger partial charge in [-0.3, -0.25) is 0 Å². The first-order valence-electron chi connectivity index (χ1n) is 5.61. The zero-order valence-corrected chi connectivity index (χ0v) is 11.1. The largest absolute Gasteiger partial charge is 0.494 e. The number of nitrogens with two attached hydrogens (primary N) is 1. The highest BCUT2D eigenvalue weighted by Gasteiger charge is 2.14. The topological polar surface area (TPSA) is 48.1 Å². The number of aromatic nitrogens is 1. The second kappa shape index (κ2) is 5.46. The van der Waals surface area contributed by atoms with E-state index in [0.29, 0.717) is 12.0 Å². The lowest BCUT2D eigenvalue weighted by atomic mass is 10.0. The van der Waals surface area contributed by atoms with Crippen LogP contribution in [0.25, 0.3) is 0 Å². The molecule has 0 aliphatic rings. The van der Waals surface area contributed by atoms with E-state index >= 15 is 0 Å². The highest BCUT2D eigenvalue weighted by atomic mass is 32.1. The Morgan fingerprint density at radius 3 is 2.89 bits per heavy atom. The molecule has 0 saturated heterocycles. The van der Waals surface area contributed by atoms with E-state index in [4.69, 9.17) is 10.5 Å². The monoisotopic (exact) mass is 266 g/mol. The third kappa shape index (κ3) is 2.68. The second-order valence-electron chi connectivity index (χ2n) is 4.03. The third-order valence-electron chi connectivity index (χ3n) is 2.71. The summed E-state index contributed by atoms with van der Waals surface area (Å²) in [5.41, 5.74) is 6.63. The highest BCUT2D eigenvalue weighted by molar-refractivity contribution is 7.11. The van der Waals surface area contributed by atoms with Crippen LogP contribution in [0.5, 0.6) is 5.75 Å². The smallest absolute Gasteiger partial charge is 0.168 e. The quantitative estimate of drug-likeness (QED) is 0.925. The molecule has 0 fully saturated rings.